The number of para-hydroxylation sites is 1. The van der Waals surface area contributed by atoms with Gasteiger partial charge in [0.1, 0.15) is 5.69 Å². The van der Waals surface area contributed by atoms with E-state index in [1.807, 2.05) is 54.1 Å². The highest BCUT2D eigenvalue weighted by Crippen LogP contribution is 2.19. The molecule has 3 heteroatoms. The van der Waals surface area contributed by atoms with Crippen LogP contribution < -0.4 is 5.32 Å². The van der Waals surface area contributed by atoms with E-state index in [-0.39, 0.29) is 5.91 Å². The molecule has 0 saturated carbocycles. The third kappa shape index (κ3) is 2.10. The predicted octanol–water partition coefficient (Wildman–Crippen LogP) is 3.23. The van der Waals surface area contributed by atoms with E-state index in [2.05, 4.69) is 11.4 Å². The topological polar surface area (TPSA) is 34.0 Å². The Morgan fingerprint density at radius 1 is 1.16 bits per heavy atom. The van der Waals surface area contributed by atoms with Crippen LogP contribution in [0.4, 0.5) is 5.69 Å². The van der Waals surface area contributed by atoms with Gasteiger partial charge in [0.25, 0.3) is 5.91 Å². The second-order valence-corrected chi connectivity index (χ2v) is 4.39. The van der Waals surface area contributed by atoms with Gasteiger partial charge in [-0.1, -0.05) is 30.3 Å². The molecule has 0 aliphatic carbocycles. The van der Waals surface area contributed by atoms with Crippen LogP contribution in [0.15, 0.2) is 54.6 Å². The highest BCUT2D eigenvalue weighted by Gasteiger charge is 2.12. The fraction of sp³-hybridized carbons (Fsp3) is 0.0625. The third-order valence-electron chi connectivity index (χ3n) is 3.16. The number of rotatable bonds is 2. The zero-order chi connectivity index (χ0) is 13.2. The molecule has 3 rings (SSSR count). The lowest BCUT2D eigenvalue weighted by Crippen LogP contribution is -2.15. The predicted molar refractivity (Wildman–Crippen MR) is 76.2 cm³/mol. The second kappa shape index (κ2) is 4.61. The highest BCUT2D eigenvalue weighted by molar-refractivity contribution is 6.06. The highest BCUT2D eigenvalue weighted by atomic mass is 16.1. The monoisotopic (exact) mass is 249 g/mol. The van der Waals surface area contributed by atoms with Crippen molar-refractivity contribution in [2.45, 2.75) is 0 Å². The summed E-state index contributed by atoms with van der Waals surface area (Å²) in [6.45, 7) is 0. The Hall–Kier alpha value is -2.55. The molecule has 1 aromatic heterocycles. The molecule has 1 heterocycles. The second-order valence-electron chi connectivity index (χ2n) is 4.39. The summed E-state index contributed by atoms with van der Waals surface area (Å²) in [5.74, 6) is -0.107. The van der Waals surface area contributed by atoms with Crippen molar-refractivity contribution in [3.05, 3.63) is 66.4 Å². The van der Waals surface area contributed by atoms with Gasteiger partial charge in [0.2, 0.25) is 0 Å². The molecule has 3 nitrogen and oxygen atoms in total. The number of fused-ring (bicyclic) bond motifs is 1. The van der Waals surface area contributed by atoms with Crippen molar-refractivity contribution in [1.29, 1.82) is 0 Å². The van der Waals surface area contributed by atoms with E-state index >= 15 is 0 Å². The summed E-state index contributed by atoms with van der Waals surface area (Å²) in [5.41, 5.74) is 2.47. The van der Waals surface area contributed by atoms with E-state index in [9.17, 15) is 4.79 Å². The number of carbonyl (C=O) groups excluding carboxylic acids is 1. The van der Waals surface area contributed by atoms with Crippen LogP contribution in [0.3, 0.4) is 0 Å². The van der Waals surface area contributed by atoms with Crippen molar-refractivity contribution in [3.8, 4) is 0 Å². The molecule has 0 unspecified atom stereocenters. The van der Waals surface area contributed by atoms with Crippen LogP contribution in [0.25, 0.3) is 10.9 Å². The number of amides is 1. The van der Waals surface area contributed by atoms with E-state index in [4.69, 9.17) is 0 Å². The number of aryl methyl sites for hydroxylation is 1. The van der Waals surface area contributed by atoms with Crippen molar-refractivity contribution in [1.82, 2.24) is 4.57 Å². The SMILES string of the molecule is Cn1c(C(=O)Nc2cc[c]cc2)cc2ccccc21. The maximum Gasteiger partial charge on any atom is 0.272 e. The molecule has 3 aromatic rings. The normalized spacial score (nSPS) is 10.6. The summed E-state index contributed by atoms with van der Waals surface area (Å²) in [7, 11) is 1.90. The number of nitrogens with one attached hydrogen (secondary N) is 1. The summed E-state index contributed by atoms with van der Waals surface area (Å²) < 4.78 is 1.90. The Kier molecular flexibility index (Phi) is 2.80. The first-order chi connectivity index (χ1) is 9.25. The van der Waals surface area contributed by atoms with Crippen molar-refractivity contribution < 1.29 is 4.79 Å². The summed E-state index contributed by atoms with van der Waals surface area (Å²) in [6, 6.07) is 20.0. The van der Waals surface area contributed by atoms with E-state index in [1.165, 1.54) is 0 Å². The van der Waals surface area contributed by atoms with E-state index < -0.39 is 0 Å². The van der Waals surface area contributed by atoms with Crippen molar-refractivity contribution in [2.24, 2.45) is 7.05 Å². The average molecular weight is 249 g/mol. The van der Waals surface area contributed by atoms with E-state index in [1.54, 1.807) is 12.1 Å². The molecule has 0 aliphatic heterocycles. The minimum atomic E-state index is -0.107. The smallest absolute Gasteiger partial charge is 0.272 e. The summed E-state index contributed by atoms with van der Waals surface area (Å²) in [5, 5.41) is 3.95. The third-order valence-corrected chi connectivity index (χ3v) is 3.16. The van der Waals surface area contributed by atoms with Crippen LogP contribution in [-0.4, -0.2) is 10.5 Å². The van der Waals surface area contributed by atoms with Gasteiger partial charge in [0.15, 0.2) is 0 Å². The van der Waals surface area contributed by atoms with E-state index in [0.29, 0.717) is 5.69 Å². The van der Waals surface area contributed by atoms with Gasteiger partial charge in [-0.05, 0) is 30.3 Å². The minimum absolute atomic E-state index is 0.107. The molecule has 19 heavy (non-hydrogen) atoms. The number of carbonyl (C=O) groups is 1. The lowest BCUT2D eigenvalue weighted by molar-refractivity contribution is 0.102. The molecule has 0 fully saturated rings. The fourth-order valence-corrected chi connectivity index (χ4v) is 2.17. The maximum atomic E-state index is 12.3. The molecule has 1 radical (unpaired) electrons. The number of hydrogen-bond donors (Lipinski definition) is 1. The lowest BCUT2D eigenvalue weighted by atomic mass is 10.2. The molecule has 0 aliphatic rings. The van der Waals surface area contributed by atoms with Gasteiger partial charge >= 0.3 is 0 Å². The summed E-state index contributed by atoms with van der Waals surface area (Å²) in [4.78, 5) is 12.3. The zero-order valence-corrected chi connectivity index (χ0v) is 10.6. The zero-order valence-electron chi connectivity index (χ0n) is 10.6. The maximum absolute atomic E-state index is 12.3. The quantitative estimate of drug-likeness (QED) is 0.743. The lowest BCUT2D eigenvalue weighted by Gasteiger charge is -2.06. The molecular formula is C16H13N2O. The Morgan fingerprint density at radius 2 is 1.89 bits per heavy atom. The molecule has 0 saturated heterocycles. The van der Waals surface area contributed by atoms with Gasteiger partial charge in [0.05, 0.1) is 0 Å². The molecule has 0 bridgehead atoms. The molecule has 1 amide bonds. The molecule has 93 valence electrons. The van der Waals surface area contributed by atoms with Crippen LogP contribution in [0.5, 0.6) is 0 Å². The summed E-state index contributed by atoms with van der Waals surface area (Å²) >= 11 is 0. The average Bonchev–Trinajstić information content (AvgIpc) is 2.78. The molecule has 2 aromatic carbocycles. The van der Waals surface area contributed by atoms with Gasteiger partial charge in [-0.25, -0.2) is 0 Å². The summed E-state index contributed by atoms with van der Waals surface area (Å²) in [6.07, 6.45) is 0. The van der Waals surface area contributed by atoms with Gasteiger partial charge in [-0.15, -0.1) is 0 Å². The van der Waals surface area contributed by atoms with Crippen LogP contribution in [-0.2, 0) is 7.05 Å². The standard InChI is InChI=1S/C16H13N2O/c1-18-14-10-6-5-7-12(14)11-15(18)16(19)17-13-8-3-2-4-9-13/h3-11H,1H3,(H,17,19). The van der Waals surface area contributed by atoms with E-state index in [0.717, 1.165) is 16.6 Å². The minimum Gasteiger partial charge on any atom is -0.340 e. The molecule has 1 N–H and O–H groups in total. The first-order valence-electron chi connectivity index (χ1n) is 6.07. The molecule has 0 atom stereocenters. The Morgan fingerprint density at radius 3 is 2.63 bits per heavy atom. The van der Waals surface area contributed by atoms with Crippen molar-refractivity contribution in [2.75, 3.05) is 5.32 Å². The van der Waals surface area contributed by atoms with Gasteiger partial charge < -0.3 is 9.88 Å². The number of aromatic nitrogens is 1. The molecular weight excluding hydrogens is 236 g/mol. The van der Waals surface area contributed by atoms with Gasteiger partial charge in [0, 0.05) is 23.6 Å². The number of hydrogen-bond acceptors (Lipinski definition) is 1. The van der Waals surface area contributed by atoms with Crippen LogP contribution in [0.1, 0.15) is 10.5 Å². The number of benzene rings is 2. The van der Waals surface area contributed by atoms with Crippen LogP contribution in [0.2, 0.25) is 0 Å². The van der Waals surface area contributed by atoms with Gasteiger partial charge in [-0.2, -0.15) is 0 Å². The first-order valence-corrected chi connectivity index (χ1v) is 6.07. The Balaban J connectivity index is 1.96. The Labute approximate surface area is 111 Å². The van der Waals surface area contributed by atoms with Gasteiger partial charge in [-0.3, -0.25) is 4.79 Å². The van der Waals surface area contributed by atoms with Crippen molar-refractivity contribution >= 4 is 22.5 Å². The Bertz CT molecular complexity index is 729. The van der Waals surface area contributed by atoms with Crippen LogP contribution in [0, 0.1) is 6.07 Å². The molecule has 0 spiro atoms. The van der Waals surface area contributed by atoms with Crippen LogP contribution >= 0.6 is 0 Å². The number of nitrogens with zero attached hydrogens (tertiary/aromatic N) is 1. The van der Waals surface area contributed by atoms with Crippen molar-refractivity contribution in [3.63, 3.8) is 0 Å². The fourth-order valence-electron chi connectivity index (χ4n) is 2.17. The first kappa shape index (κ1) is 11.5. The largest absolute Gasteiger partial charge is 0.340 e. The number of anilines is 1.